The van der Waals surface area contributed by atoms with E-state index in [-0.39, 0.29) is 5.92 Å². The lowest BCUT2D eigenvalue weighted by molar-refractivity contribution is -0.136. The highest BCUT2D eigenvalue weighted by molar-refractivity contribution is 6.48. The predicted octanol–water partition coefficient (Wildman–Crippen LogP) is 7.01. The number of methoxy groups -OCH3 is 2. The average Bonchev–Trinajstić information content (AvgIpc) is 3.50. The molecule has 0 bridgehead atoms. The fraction of sp³-hybridized carbons (Fsp3) is 0.297. The minimum Gasteiger partial charge on any atom is -0.401 e. The van der Waals surface area contributed by atoms with E-state index < -0.39 is 42.4 Å². The molecule has 0 amide bonds. The number of ether oxygens (including phenoxy) is 2. The first kappa shape index (κ1) is 30.9. The zero-order chi connectivity index (χ0) is 30.5. The molecule has 4 aromatic carbocycles. The maximum atomic E-state index is 11.3. The molecule has 1 heterocycles. The van der Waals surface area contributed by atoms with Crippen LogP contribution in [0.25, 0.3) is 0 Å². The van der Waals surface area contributed by atoms with Crippen LogP contribution in [0.1, 0.15) is 36.1 Å². The van der Waals surface area contributed by atoms with Gasteiger partial charge in [0.1, 0.15) is 23.4 Å². The largest absolute Gasteiger partial charge is 0.467 e. The third-order valence-electron chi connectivity index (χ3n) is 8.76. The van der Waals surface area contributed by atoms with Crippen molar-refractivity contribution in [1.82, 2.24) is 0 Å². The van der Waals surface area contributed by atoms with Crippen molar-refractivity contribution in [2.45, 2.75) is 49.2 Å². The van der Waals surface area contributed by atoms with Gasteiger partial charge in [-0.25, -0.2) is 0 Å². The summed E-state index contributed by atoms with van der Waals surface area (Å²) in [5.74, 6) is -0.548. The molecule has 5 rings (SSSR count). The average molecular weight is 577 g/mol. The third-order valence-corrected chi connectivity index (χ3v) is 8.76. The summed E-state index contributed by atoms with van der Waals surface area (Å²) in [5, 5.41) is 11.3. The molecule has 4 aromatic rings. The van der Waals surface area contributed by atoms with E-state index in [4.69, 9.17) is 18.8 Å². The van der Waals surface area contributed by atoms with Gasteiger partial charge in [0.15, 0.2) is 0 Å². The molecule has 0 spiro atoms. The second-order valence-electron chi connectivity index (χ2n) is 11.4. The van der Waals surface area contributed by atoms with E-state index >= 15 is 0 Å². The second kappa shape index (κ2) is 13.4. The lowest BCUT2D eigenvalue weighted by atomic mass is 9.66. The Bertz CT molecular complexity index is 1250. The summed E-state index contributed by atoms with van der Waals surface area (Å²) >= 11 is 0. The molecule has 1 N–H and O–H groups in total. The molecule has 0 saturated carbocycles. The van der Waals surface area contributed by atoms with Crippen molar-refractivity contribution in [2.24, 2.45) is 5.92 Å². The van der Waals surface area contributed by atoms with Crippen LogP contribution in [0.3, 0.4) is 0 Å². The summed E-state index contributed by atoms with van der Waals surface area (Å²) in [6.07, 6.45) is -0.463. The standard InChI is InChI=1S/C37H41BO5/c1-6-32(33(39)27(2)3)38-42-34(36(40-4,28-19-11-7-12-20-28)29-21-13-8-14-22-29)35(43-38)37(41-5,30-23-15-9-16-24-30)31-25-17-10-18-26-31/h6-27,32-35,39H,1H2,2-5H3/t32-,33+,34-,35-/m1/s1. The first-order valence-corrected chi connectivity index (χ1v) is 14.9. The molecule has 222 valence electrons. The summed E-state index contributed by atoms with van der Waals surface area (Å²) < 4.78 is 27.4. The molecule has 6 heteroatoms. The van der Waals surface area contributed by atoms with Crippen LogP contribution in [-0.2, 0) is 30.0 Å². The number of rotatable bonds is 12. The first-order valence-electron chi connectivity index (χ1n) is 14.9. The quantitative estimate of drug-likeness (QED) is 0.145. The molecule has 43 heavy (non-hydrogen) atoms. The van der Waals surface area contributed by atoms with Gasteiger partial charge in [0, 0.05) is 20.0 Å². The van der Waals surface area contributed by atoms with Crippen molar-refractivity contribution in [1.29, 1.82) is 0 Å². The highest BCUT2D eigenvalue weighted by atomic mass is 16.7. The van der Waals surface area contributed by atoms with E-state index in [2.05, 4.69) is 55.1 Å². The fourth-order valence-electron chi connectivity index (χ4n) is 6.56. The van der Waals surface area contributed by atoms with E-state index in [1.54, 1.807) is 20.3 Å². The number of benzene rings is 4. The van der Waals surface area contributed by atoms with E-state index in [9.17, 15) is 5.11 Å². The summed E-state index contributed by atoms with van der Waals surface area (Å²) in [6, 6.07) is 40.4. The monoisotopic (exact) mass is 576 g/mol. The van der Waals surface area contributed by atoms with Crippen molar-refractivity contribution in [3.05, 3.63) is 156 Å². The molecule has 5 nitrogen and oxygen atoms in total. The van der Waals surface area contributed by atoms with Crippen LogP contribution in [0.5, 0.6) is 0 Å². The number of hydrogen-bond donors (Lipinski definition) is 1. The molecule has 4 atom stereocenters. The molecule has 1 fully saturated rings. The van der Waals surface area contributed by atoms with Crippen molar-refractivity contribution >= 4 is 7.12 Å². The number of aliphatic hydroxyl groups is 1. The van der Waals surface area contributed by atoms with Crippen LogP contribution in [0.15, 0.2) is 134 Å². The van der Waals surface area contributed by atoms with Crippen LogP contribution >= 0.6 is 0 Å². The Morgan fingerprint density at radius 3 is 1.19 bits per heavy atom. The summed E-state index contributed by atoms with van der Waals surface area (Å²) in [5.41, 5.74) is 1.43. The van der Waals surface area contributed by atoms with Gasteiger partial charge in [-0.3, -0.25) is 0 Å². The van der Waals surface area contributed by atoms with E-state index in [1.165, 1.54) is 0 Å². The molecule has 1 saturated heterocycles. The maximum absolute atomic E-state index is 11.3. The third kappa shape index (κ3) is 5.50. The Morgan fingerprint density at radius 1 is 0.651 bits per heavy atom. The van der Waals surface area contributed by atoms with Crippen LogP contribution in [-0.4, -0.2) is 44.8 Å². The van der Waals surface area contributed by atoms with Gasteiger partial charge in [0.05, 0.1) is 6.10 Å². The molecule has 0 aliphatic carbocycles. The van der Waals surface area contributed by atoms with Gasteiger partial charge in [-0.2, -0.15) is 0 Å². The Balaban J connectivity index is 1.82. The van der Waals surface area contributed by atoms with Gasteiger partial charge >= 0.3 is 7.12 Å². The fourth-order valence-corrected chi connectivity index (χ4v) is 6.56. The van der Waals surface area contributed by atoms with Gasteiger partial charge in [0.2, 0.25) is 0 Å². The Kier molecular flexibility index (Phi) is 9.65. The Labute approximate surface area is 256 Å². The highest BCUT2D eigenvalue weighted by Crippen LogP contribution is 2.51. The summed E-state index contributed by atoms with van der Waals surface area (Å²) in [6.45, 7) is 8.03. The van der Waals surface area contributed by atoms with Crippen LogP contribution in [0, 0.1) is 5.92 Å². The van der Waals surface area contributed by atoms with Crippen LogP contribution < -0.4 is 0 Å². The zero-order valence-electron chi connectivity index (χ0n) is 25.4. The molecule has 1 aliphatic heterocycles. The molecular weight excluding hydrogens is 535 g/mol. The second-order valence-corrected chi connectivity index (χ2v) is 11.4. The topological polar surface area (TPSA) is 57.2 Å². The molecular formula is C37H41BO5. The molecule has 0 unspecified atom stereocenters. The maximum Gasteiger partial charge on any atom is 0.467 e. The predicted molar refractivity (Wildman–Crippen MR) is 172 cm³/mol. The van der Waals surface area contributed by atoms with Crippen LogP contribution in [0.2, 0.25) is 5.82 Å². The zero-order valence-corrected chi connectivity index (χ0v) is 25.4. The van der Waals surface area contributed by atoms with Crippen LogP contribution in [0.4, 0.5) is 0 Å². The summed E-state index contributed by atoms with van der Waals surface area (Å²) in [7, 11) is 2.59. The van der Waals surface area contributed by atoms with Crippen molar-refractivity contribution in [3.8, 4) is 0 Å². The Morgan fingerprint density at radius 2 is 0.953 bits per heavy atom. The highest BCUT2D eigenvalue weighted by Gasteiger charge is 2.63. The first-order chi connectivity index (χ1) is 20.9. The van der Waals surface area contributed by atoms with Crippen molar-refractivity contribution in [2.75, 3.05) is 14.2 Å². The molecule has 0 radical (unpaired) electrons. The van der Waals surface area contributed by atoms with Gasteiger partial charge in [0.25, 0.3) is 0 Å². The SMILES string of the molecule is C=C[C@@H](B1O[C@@H](C(OC)(c2ccccc2)c2ccccc2)[C@H](C(OC)(c2ccccc2)c2ccccc2)O1)[C@@H](O)C(C)C. The van der Waals surface area contributed by atoms with Gasteiger partial charge < -0.3 is 23.9 Å². The van der Waals surface area contributed by atoms with E-state index in [0.717, 1.165) is 22.3 Å². The van der Waals surface area contributed by atoms with Crippen molar-refractivity contribution < 1.29 is 23.9 Å². The normalized spacial score (nSPS) is 18.9. The van der Waals surface area contributed by atoms with E-state index in [1.807, 2.05) is 86.6 Å². The van der Waals surface area contributed by atoms with Gasteiger partial charge in [-0.1, -0.05) is 141 Å². The van der Waals surface area contributed by atoms with E-state index in [0.29, 0.717) is 0 Å². The van der Waals surface area contributed by atoms with Gasteiger partial charge in [-0.15, -0.1) is 6.58 Å². The minimum absolute atomic E-state index is 0.0430. The van der Waals surface area contributed by atoms with Crippen molar-refractivity contribution in [3.63, 3.8) is 0 Å². The number of aliphatic hydroxyl groups excluding tert-OH is 1. The summed E-state index contributed by atoms with van der Waals surface area (Å²) in [4.78, 5) is 0. The smallest absolute Gasteiger partial charge is 0.401 e. The lowest BCUT2D eigenvalue weighted by Crippen LogP contribution is -2.56. The molecule has 0 aromatic heterocycles. The van der Waals surface area contributed by atoms with Gasteiger partial charge in [-0.05, 0) is 28.2 Å². The molecule has 1 aliphatic rings. The lowest BCUT2D eigenvalue weighted by Gasteiger charge is -2.47. The number of hydrogen-bond acceptors (Lipinski definition) is 5. The Hall–Kier alpha value is -3.52. The minimum atomic E-state index is -1.11.